The van der Waals surface area contributed by atoms with Crippen molar-refractivity contribution < 1.29 is 9.90 Å². The Labute approximate surface area is 174 Å². The number of imidazole rings is 1. The van der Waals surface area contributed by atoms with Gasteiger partial charge in [-0.1, -0.05) is 23.7 Å². The van der Waals surface area contributed by atoms with E-state index >= 15 is 0 Å². The minimum atomic E-state index is -0.973. The molecule has 7 heteroatoms. The van der Waals surface area contributed by atoms with Crippen LogP contribution >= 0.6 is 11.6 Å². The van der Waals surface area contributed by atoms with E-state index in [-0.39, 0.29) is 11.1 Å². The average Bonchev–Trinajstić information content (AvgIpc) is 3.48. The summed E-state index contributed by atoms with van der Waals surface area (Å²) < 4.78 is 1.99. The summed E-state index contributed by atoms with van der Waals surface area (Å²) in [5.41, 5.74) is 2.60. The summed E-state index contributed by atoms with van der Waals surface area (Å²) in [5.74, 6) is -0.344. The fraction of sp³-hybridized carbons (Fsp3) is 0.318. The van der Waals surface area contributed by atoms with Crippen molar-refractivity contribution in [3.8, 4) is 11.4 Å². The summed E-state index contributed by atoms with van der Waals surface area (Å²) in [5, 5.41) is 13.6. The molecule has 1 unspecified atom stereocenters. The molecule has 2 aromatic heterocycles. The van der Waals surface area contributed by atoms with Crippen molar-refractivity contribution in [2.75, 3.05) is 6.54 Å². The molecule has 0 amide bonds. The summed E-state index contributed by atoms with van der Waals surface area (Å²) >= 11 is 6.05. The first kappa shape index (κ1) is 19.6. The molecule has 0 aliphatic heterocycles. The topological polar surface area (TPSA) is 80.0 Å². The molecule has 4 rings (SSSR count). The van der Waals surface area contributed by atoms with Crippen LogP contribution in [0.15, 0.2) is 55.1 Å². The van der Waals surface area contributed by atoms with Crippen LogP contribution in [0.5, 0.6) is 0 Å². The van der Waals surface area contributed by atoms with Crippen LogP contribution in [0.3, 0.4) is 0 Å². The Hall–Kier alpha value is -2.70. The molecule has 0 saturated heterocycles. The lowest BCUT2D eigenvalue weighted by atomic mass is 9.87. The molecular formula is C22H23ClN4O2. The number of nitrogens with zero attached hydrogens (tertiary/aromatic N) is 3. The van der Waals surface area contributed by atoms with Crippen molar-refractivity contribution in [3.05, 3.63) is 71.3 Å². The predicted molar refractivity (Wildman–Crippen MR) is 112 cm³/mol. The summed E-state index contributed by atoms with van der Waals surface area (Å²) in [6.07, 6.45) is 7.60. The zero-order valence-electron chi connectivity index (χ0n) is 16.2. The van der Waals surface area contributed by atoms with Crippen LogP contribution in [-0.2, 0) is 12.1 Å². The molecule has 29 heavy (non-hydrogen) atoms. The lowest BCUT2D eigenvalue weighted by Gasteiger charge is -2.32. The third-order valence-electron chi connectivity index (χ3n) is 5.60. The lowest BCUT2D eigenvalue weighted by molar-refractivity contribution is 0.0697. The Kier molecular flexibility index (Phi) is 5.39. The number of carboxylic acid groups (broad SMARTS) is 1. The highest BCUT2D eigenvalue weighted by Gasteiger charge is 2.42. The second kappa shape index (κ2) is 7.97. The molecule has 1 aliphatic carbocycles. The van der Waals surface area contributed by atoms with E-state index in [0.29, 0.717) is 17.3 Å². The molecule has 3 aromatic rings. The maximum absolute atomic E-state index is 11.2. The number of nitrogens with one attached hydrogen (secondary N) is 1. The molecule has 0 bridgehead atoms. The van der Waals surface area contributed by atoms with E-state index in [4.69, 9.17) is 16.7 Å². The van der Waals surface area contributed by atoms with Crippen molar-refractivity contribution in [2.24, 2.45) is 5.92 Å². The van der Waals surface area contributed by atoms with Crippen molar-refractivity contribution in [3.63, 3.8) is 0 Å². The smallest absolute Gasteiger partial charge is 0.335 e. The first-order valence-electron chi connectivity index (χ1n) is 9.68. The minimum Gasteiger partial charge on any atom is -0.478 e. The van der Waals surface area contributed by atoms with Gasteiger partial charge in [-0.15, -0.1) is 0 Å². The molecule has 1 aliphatic rings. The number of carboxylic acids is 1. The van der Waals surface area contributed by atoms with E-state index in [9.17, 15) is 4.79 Å². The Morgan fingerprint density at radius 2 is 2.00 bits per heavy atom. The molecule has 1 saturated carbocycles. The van der Waals surface area contributed by atoms with Gasteiger partial charge in [-0.2, -0.15) is 0 Å². The van der Waals surface area contributed by atoms with Crippen LogP contribution in [0, 0.1) is 5.92 Å². The Balaban J connectivity index is 1.42. The monoisotopic (exact) mass is 410 g/mol. The van der Waals surface area contributed by atoms with Gasteiger partial charge >= 0.3 is 5.97 Å². The average molecular weight is 411 g/mol. The van der Waals surface area contributed by atoms with Crippen LogP contribution in [0.4, 0.5) is 0 Å². The summed E-state index contributed by atoms with van der Waals surface area (Å²) in [6.45, 7) is 3.80. The molecule has 1 atom stereocenters. The number of pyridine rings is 1. The first-order valence-corrected chi connectivity index (χ1v) is 10.1. The quantitative estimate of drug-likeness (QED) is 0.581. The predicted octanol–water partition coefficient (Wildman–Crippen LogP) is 4.21. The third kappa shape index (κ3) is 4.33. The molecule has 2 heterocycles. The Bertz CT molecular complexity index is 1010. The molecule has 150 valence electrons. The largest absolute Gasteiger partial charge is 0.478 e. The van der Waals surface area contributed by atoms with Crippen molar-refractivity contribution in [1.29, 1.82) is 0 Å². The molecular weight excluding hydrogens is 388 g/mol. The fourth-order valence-corrected chi connectivity index (χ4v) is 3.83. The number of hydrogen-bond donors (Lipinski definition) is 2. The van der Waals surface area contributed by atoms with Crippen LogP contribution < -0.4 is 5.32 Å². The van der Waals surface area contributed by atoms with E-state index in [0.717, 1.165) is 18.1 Å². The summed E-state index contributed by atoms with van der Waals surface area (Å²) in [6, 6.07) is 11.1. The second-order valence-corrected chi connectivity index (χ2v) is 8.08. The number of rotatable bonds is 8. The highest BCUT2D eigenvalue weighted by molar-refractivity contribution is 6.30. The van der Waals surface area contributed by atoms with Gasteiger partial charge < -0.3 is 15.0 Å². The molecule has 0 radical (unpaired) electrons. The van der Waals surface area contributed by atoms with Gasteiger partial charge in [0, 0.05) is 36.0 Å². The van der Waals surface area contributed by atoms with E-state index in [1.807, 2.05) is 22.9 Å². The van der Waals surface area contributed by atoms with Gasteiger partial charge in [-0.05, 0) is 55.5 Å². The van der Waals surface area contributed by atoms with Crippen LogP contribution in [-0.4, -0.2) is 32.2 Å². The van der Waals surface area contributed by atoms with Gasteiger partial charge in [0.05, 0.1) is 17.6 Å². The Morgan fingerprint density at radius 3 is 2.69 bits per heavy atom. The number of hydrogen-bond acceptors (Lipinski definition) is 4. The minimum absolute atomic E-state index is 0.0780. The number of carbonyl (C=O) groups is 1. The van der Waals surface area contributed by atoms with Crippen LogP contribution in [0.1, 0.15) is 35.7 Å². The number of aromatic carboxylic acids is 1. The maximum Gasteiger partial charge on any atom is 0.335 e. The highest BCUT2D eigenvalue weighted by Crippen LogP contribution is 2.45. The van der Waals surface area contributed by atoms with Gasteiger partial charge in [0.1, 0.15) is 5.69 Å². The van der Waals surface area contributed by atoms with Gasteiger partial charge in [0.25, 0.3) is 0 Å². The standard InChI is InChI=1S/C22H23ClN4O2/c1-22(16-2-3-16,17-4-6-18(23)7-5-17)26-10-11-27-13-20(25-14-27)19-12-15(21(28)29)8-9-24-19/h4-9,12-14,16,26H,2-3,10-11H2,1H3,(H,28,29). The molecule has 2 N–H and O–H groups in total. The maximum atomic E-state index is 11.2. The lowest BCUT2D eigenvalue weighted by Crippen LogP contribution is -2.43. The van der Waals surface area contributed by atoms with E-state index in [1.54, 1.807) is 6.33 Å². The molecule has 1 fully saturated rings. The van der Waals surface area contributed by atoms with Gasteiger partial charge in [-0.25, -0.2) is 9.78 Å². The summed E-state index contributed by atoms with van der Waals surface area (Å²) in [7, 11) is 0. The normalized spacial score (nSPS) is 15.8. The van der Waals surface area contributed by atoms with Gasteiger partial charge in [-0.3, -0.25) is 4.98 Å². The second-order valence-electron chi connectivity index (χ2n) is 7.64. The first-order chi connectivity index (χ1) is 14.0. The third-order valence-corrected chi connectivity index (χ3v) is 5.85. The van der Waals surface area contributed by atoms with E-state index < -0.39 is 5.97 Å². The van der Waals surface area contributed by atoms with Gasteiger partial charge in [0.15, 0.2) is 0 Å². The molecule has 1 aromatic carbocycles. The highest BCUT2D eigenvalue weighted by atomic mass is 35.5. The summed E-state index contributed by atoms with van der Waals surface area (Å²) in [4.78, 5) is 19.8. The zero-order chi connectivity index (χ0) is 20.4. The van der Waals surface area contributed by atoms with E-state index in [1.165, 1.54) is 36.7 Å². The molecule has 6 nitrogen and oxygen atoms in total. The number of aromatic nitrogens is 3. The number of benzene rings is 1. The van der Waals surface area contributed by atoms with Crippen molar-refractivity contribution in [2.45, 2.75) is 31.8 Å². The number of halogens is 1. The zero-order valence-corrected chi connectivity index (χ0v) is 16.9. The van der Waals surface area contributed by atoms with Crippen molar-refractivity contribution in [1.82, 2.24) is 19.9 Å². The Morgan fingerprint density at radius 1 is 1.24 bits per heavy atom. The molecule has 0 spiro atoms. The van der Waals surface area contributed by atoms with E-state index in [2.05, 4.69) is 34.3 Å². The van der Waals surface area contributed by atoms with Crippen molar-refractivity contribution >= 4 is 17.6 Å². The van der Waals surface area contributed by atoms with Crippen LogP contribution in [0.25, 0.3) is 11.4 Å². The SMILES string of the molecule is CC(NCCn1cnc(-c2cc(C(=O)O)ccn2)c1)(c1ccc(Cl)cc1)C1CC1. The fourth-order valence-electron chi connectivity index (χ4n) is 3.70. The van der Waals surface area contributed by atoms with Crippen LogP contribution in [0.2, 0.25) is 5.02 Å². The van der Waals surface area contributed by atoms with Gasteiger partial charge in [0.2, 0.25) is 0 Å².